The Morgan fingerprint density at radius 3 is 3.07 bits per heavy atom. The van der Waals surface area contributed by atoms with Crippen molar-refractivity contribution < 1.29 is 14.6 Å². The van der Waals surface area contributed by atoms with E-state index in [4.69, 9.17) is 9.84 Å². The van der Waals surface area contributed by atoms with Gasteiger partial charge in [-0.2, -0.15) is 0 Å². The maximum atomic E-state index is 11.9. The zero-order chi connectivity index (χ0) is 11.3. The number of ether oxygens (including phenoxy) is 1. The van der Waals surface area contributed by atoms with Crippen molar-refractivity contribution in [1.82, 2.24) is 4.90 Å². The van der Waals surface area contributed by atoms with Gasteiger partial charge in [0, 0.05) is 20.3 Å². The van der Waals surface area contributed by atoms with Gasteiger partial charge in [0.1, 0.15) is 0 Å². The first kappa shape index (κ1) is 12.9. The molecule has 0 aromatic carbocycles. The molecule has 5 heteroatoms. The highest BCUT2D eigenvalue weighted by Crippen LogP contribution is 2.21. The van der Waals surface area contributed by atoms with Gasteiger partial charge in [-0.05, 0) is 19.3 Å². The summed E-state index contributed by atoms with van der Waals surface area (Å²) in [4.78, 5) is 13.6. The molecule has 0 aromatic rings. The van der Waals surface area contributed by atoms with Gasteiger partial charge >= 0.3 is 0 Å². The van der Waals surface area contributed by atoms with Crippen LogP contribution in [-0.4, -0.2) is 53.7 Å². The van der Waals surface area contributed by atoms with Crippen LogP contribution in [0, 0.1) is 0 Å². The highest BCUT2D eigenvalue weighted by Gasteiger charge is 2.31. The van der Waals surface area contributed by atoms with Crippen LogP contribution in [-0.2, 0) is 9.53 Å². The molecular formula is C10H18BrNO3. The van der Waals surface area contributed by atoms with Crippen molar-refractivity contribution in [3.05, 3.63) is 0 Å². The van der Waals surface area contributed by atoms with E-state index in [1.54, 1.807) is 7.11 Å². The molecule has 2 unspecified atom stereocenters. The Bertz CT molecular complexity index is 207. The third-order valence-corrected chi connectivity index (χ3v) is 3.52. The van der Waals surface area contributed by atoms with Gasteiger partial charge in [-0.15, -0.1) is 0 Å². The second-order valence-electron chi connectivity index (χ2n) is 3.76. The van der Waals surface area contributed by atoms with E-state index >= 15 is 0 Å². The van der Waals surface area contributed by atoms with Crippen molar-refractivity contribution in [2.75, 3.05) is 26.9 Å². The molecule has 1 saturated heterocycles. The molecule has 0 saturated carbocycles. The predicted octanol–water partition coefficient (Wildman–Crippen LogP) is 0.770. The van der Waals surface area contributed by atoms with Crippen LogP contribution in [0.4, 0.5) is 0 Å². The Hall–Kier alpha value is -0.130. The first-order valence-corrected chi connectivity index (χ1v) is 6.16. The molecule has 0 aliphatic carbocycles. The van der Waals surface area contributed by atoms with Crippen LogP contribution >= 0.6 is 15.9 Å². The Balaban J connectivity index is 2.59. The molecule has 0 aromatic heterocycles. The number of methoxy groups -OCH3 is 1. The van der Waals surface area contributed by atoms with E-state index in [1.807, 2.05) is 4.90 Å². The topological polar surface area (TPSA) is 49.8 Å². The van der Waals surface area contributed by atoms with Gasteiger partial charge < -0.3 is 14.7 Å². The number of hydrogen-bond donors (Lipinski definition) is 1. The first-order chi connectivity index (χ1) is 7.20. The maximum Gasteiger partial charge on any atom is 0.236 e. The number of carbonyl (C=O) groups excluding carboxylic acids is 1. The fourth-order valence-corrected chi connectivity index (χ4v) is 2.47. The normalized spacial score (nSPS) is 24.3. The molecule has 1 rings (SSSR count). The largest absolute Gasteiger partial charge is 0.396 e. The number of halogens is 1. The number of alkyl halides is 1. The molecule has 15 heavy (non-hydrogen) atoms. The molecule has 1 aliphatic heterocycles. The van der Waals surface area contributed by atoms with Crippen molar-refractivity contribution in [1.29, 1.82) is 0 Å². The molecule has 0 radical (unpaired) electrons. The Labute approximate surface area is 98.7 Å². The van der Waals surface area contributed by atoms with Gasteiger partial charge in [0.25, 0.3) is 0 Å². The molecule has 0 bridgehead atoms. The van der Waals surface area contributed by atoms with Gasteiger partial charge in [0.2, 0.25) is 5.91 Å². The number of likely N-dealkylation sites (tertiary alicyclic amines) is 1. The second-order valence-corrected chi connectivity index (χ2v) is 4.87. The summed E-state index contributed by atoms with van der Waals surface area (Å²) in [5, 5.41) is 8.94. The fraction of sp³-hybridized carbons (Fsp3) is 0.900. The average molecular weight is 280 g/mol. The lowest BCUT2D eigenvalue weighted by Gasteiger charge is -2.36. The summed E-state index contributed by atoms with van der Waals surface area (Å²) in [6.07, 6.45) is 2.49. The lowest BCUT2D eigenvalue weighted by atomic mass is 10.1. The molecule has 88 valence electrons. The smallest absolute Gasteiger partial charge is 0.236 e. The number of nitrogens with zero attached hydrogens (tertiary/aromatic N) is 1. The molecule has 1 amide bonds. The lowest BCUT2D eigenvalue weighted by molar-refractivity contribution is -0.136. The summed E-state index contributed by atoms with van der Waals surface area (Å²) in [6, 6.07) is 0.00727. The van der Waals surface area contributed by atoms with Crippen molar-refractivity contribution in [2.45, 2.75) is 30.1 Å². The van der Waals surface area contributed by atoms with E-state index < -0.39 is 0 Å². The minimum Gasteiger partial charge on any atom is -0.396 e. The van der Waals surface area contributed by atoms with Gasteiger partial charge in [0.15, 0.2) is 0 Å². The molecule has 2 atom stereocenters. The summed E-state index contributed by atoms with van der Waals surface area (Å²) in [5.74, 6) is 0.122. The first-order valence-electron chi connectivity index (χ1n) is 5.25. The maximum absolute atomic E-state index is 11.9. The van der Waals surface area contributed by atoms with Crippen LogP contribution in [0.3, 0.4) is 0 Å². The number of hydrogen-bond acceptors (Lipinski definition) is 3. The van der Waals surface area contributed by atoms with E-state index in [0.29, 0.717) is 13.0 Å². The van der Waals surface area contributed by atoms with Crippen molar-refractivity contribution in [3.8, 4) is 0 Å². The van der Waals surface area contributed by atoms with Gasteiger partial charge in [0.05, 0.1) is 17.5 Å². The molecule has 4 nitrogen and oxygen atoms in total. The van der Waals surface area contributed by atoms with Crippen LogP contribution in [0.2, 0.25) is 0 Å². The zero-order valence-electron chi connectivity index (χ0n) is 8.99. The number of rotatable bonds is 5. The van der Waals surface area contributed by atoms with Crippen LogP contribution in [0.1, 0.15) is 19.3 Å². The van der Waals surface area contributed by atoms with E-state index in [0.717, 1.165) is 19.4 Å². The van der Waals surface area contributed by atoms with Crippen LogP contribution < -0.4 is 0 Å². The van der Waals surface area contributed by atoms with Gasteiger partial charge in [-0.25, -0.2) is 0 Å². The Morgan fingerprint density at radius 2 is 2.47 bits per heavy atom. The quantitative estimate of drug-likeness (QED) is 0.757. The standard InChI is InChI=1S/C10H18BrNO3/c1-15-7-8(4-6-13)12-5-2-3-9(11)10(12)14/h8-9,13H,2-7H2,1H3. The molecule has 1 fully saturated rings. The van der Waals surface area contributed by atoms with Gasteiger partial charge in [-0.1, -0.05) is 15.9 Å². The highest BCUT2D eigenvalue weighted by molar-refractivity contribution is 9.10. The number of carbonyl (C=O) groups is 1. The summed E-state index contributed by atoms with van der Waals surface area (Å²) in [5.41, 5.74) is 0. The minimum atomic E-state index is -0.0655. The lowest BCUT2D eigenvalue weighted by Crippen LogP contribution is -2.49. The third kappa shape index (κ3) is 3.43. The summed E-state index contributed by atoms with van der Waals surface area (Å²) < 4.78 is 5.07. The fourth-order valence-electron chi connectivity index (χ4n) is 1.89. The summed E-state index contributed by atoms with van der Waals surface area (Å²) >= 11 is 3.37. The third-order valence-electron chi connectivity index (χ3n) is 2.67. The average Bonchev–Trinajstić information content (AvgIpc) is 2.22. The molecular weight excluding hydrogens is 262 g/mol. The molecule has 1 aliphatic rings. The summed E-state index contributed by atoms with van der Waals surface area (Å²) in [6.45, 7) is 1.35. The van der Waals surface area contributed by atoms with E-state index in [1.165, 1.54) is 0 Å². The minimum absolute atomic E-state index is 0.00727. The van der Waals surface area contributed by atoms with E-state index in [2.05, 4.69) is 15.9 Å². The SMILES string of the molecule is COCC(CCO)N1CCCC(Br)C1=O. The predicted molar refractivity (Wildman–Crippen MR) is 61.0 cm³/mol. The van der Waals surface area contributed by atoms with E-state index in [-0.39, 0.29) is 23.4 Å². The number of aliphatic hydroxyl groups is 1. The number of aliphatic hydroxyl groups excluding tert-OH is 1. The molecule has 0 spiro atoms. The summed E-state index contributed by atoms with van der Waals surface area (Å²) in [7, 11) is 1.62. The Kier molecular flexibility index (Phi) is 5.56. The van der Waals surface area contributed by atoms with Crippen molar-refractivity contribution in [2.24, 2.45) is 0 Å². The monoisotopic (exact) mass is 279 g/mol. The van der Waals surface area contributed by atoms with Gasteiger partial charge in [-0.3, -0.25) is 4.79 Å². The van der Waals surface area contributed by atoms with Crippen molar-refractivity contribution >= 4 is 21.8 Å². The van der Waals surface area contributed by atoms with E-state index in [9.17, 15) is 4.79 Å². The number of piperidine rings is 1. The van der Waals surface area contributed by atoms with Crippen LogP contribution in [0.25, 0.3) is 0 Å². The highest BCUT2D eigenvalue weighted by atomic mass is 79.9. The van der Waals surface area contributed by atoms with Crippen LogP contribution in [0.15, 0.2) is 0 Å². The Morgan fingerprint density at radius 1 is 1.73 bits per heavy atom. The number of amides is 1. The van der Waals surface area contributed by atoms with Crippen molar-refractivity contribution in [3.63, 3.8) is 0 Å². The zero-order valence-corrected chi connectivity index (χ0v) is 10.6. The molecule has 1 N–H and O–H groups in total. The molecule has 1 heterocycles. The van der Waals surface area contributed by atoms with Crippen LogP contribution in [0.5, 0.6) is 0 Å². The second kappa shape index (κ2) is 6.45.